The molecule has 1 aliphatic carbocycles. The summed E-state index contributed by atoms with van der Waals surface area (Å²) in [5.74, 6) is 0. The van der Waals surface area contributed by atoms with Crippen molar-refractivity contribution in [2.75, 3.05) is 0 Å². The number of aromatic nitrogens is 1. The highest BCUT2D eigenvalue weighted by Gasteiger charge is 2.35. The van der Waals surface area contributed by atoms with E-state index in [0.717, 1.165) is 25.7 Å². The van der Waals surface area contributed by atoms with Crippen molar-refractivity contribution in [2.45, 2.75) is 50.5 Å². The molecule has 7 heteroatoms. The number of sulfonamides is 1. The SMILES string of the molecule is CC1(C)CCCCC1NS(=O)(=O)c1c[nH]c(=O)c(Cl)c1. The van der Waals surface area contributed by atoms with Gasteiger partial charge in [-0.1, -0.05) is 38.3 Å². The van der Waals surface area contributed by atoms with Gasteiger partial charge < -0.3 is 4.98 Å². The Morgan fingerprint density at radius 3 is 2.70 bits per heavy atom. The molecule has 0 amide bonds. The second-order valence-electron chi connectivity index (χ2n) is 5.92. The molecule has 1 atom stereocenters. The number of aromatic amines is 1. The maximum Gasteiger partial charge on any atom is 0.266 e. The van der Waals surface area contributed by atoms with Crippen LogP contribution in [0.3, 0.4) is 0 Å². The van der Waals surface area contributed by atoms with Gasteiger partial charge in [0.05, 0.1) is 4.90 Å². The molecule has 5 nitrogen and oxygen atoms in total. The maximum absolute atomic E-state index is 12.4. The molecule has 1 aromatic heterocycles. The Balaban J connectivity index is 2.26. The molecule has 112 valence electrons. The third-order valence-corrected chi connectivity index (χ3v) is 5.68. The predicted molar refractivity (Wildman–Crippen MR) is 78.4 cm³/mol. The molecule has 0 radical (unpaired) electrons. The maximum atomic E-state index is 12.4. The van der Waals surface area contributed by atoms with E-state index in [-0.39, 0.29) is 21.4 Å². The van der Waals surface area contributed by atoms with Gasteiger partial charge in [0.2, 0.25) is 10.0 Å². The summed E-state index contributed by atoms with van der Waals surface area (Å²) in [6, 6.07) is 1.07. The van der Waals surface area contributed by atoms with Crippen LogP contribution in [0.2, 0.25) is 5.02 Å². The molecule has 1 aromatic rings. The standard InChI is InChI=1S/C13H19ClN2O3S/c1-13(2)6-4-3-5-11(13)16-20(18,19)9-7-10(14)12(17)15-8-9/h7-8,11,16H,3-6H2,1-2H3,(H,15,17). The van der Waals surface area contributed by atoms with Gasteiger partial charge in [-0.05, 0) is 24.3 Å². The number of halogens is 1. The third kappa shape index (κ3) is 3.24. The van der Waals surface area contributed by atoms with Crippen LogP contribution < -0.4 is 10.3 Å². The van der Waals surface area contributed by atoms with Crippen molar-refractivity contribution in [1.82, 2.24) is 9.71 Å². The van der Waals surface area contributed by atoms with Crippen LogP contribution in [-0.4, -0.2) is 19.4 Å². The Kier molecular flexibility index (Phi) is 4.27. The second kappa shape index (κ2) is 5.50. The Bertz CT molecular complexity index is 652. The summed E-state index contributed by atoms with van der Waals surface area (Å²) in [5, 5.41) is -0.129. The normalized spacial score (nSPS) is 22.6. The van der Waals surface area contributed by atoms with Gasteiger partial charge in [-0.2, -0.15) is 0 Å². The third-order valence-electron chi connectivity index (χ3n) is 3.95. The van der Waals surface area contributed by atoms with Gasteiger partial charge >= 0.3 is 0 Å². The minimum Gasteiger partial charge on any atom is -0.326 e. The van der Waals surface area contributed by atoms with Crippen molar-refractivity contribution >= 4 is 21.6 Å². The van der Waals surface area contributed by atoms with E-state index in [4.69, 9.17) is 11.6 Å². The summed E-state index contributed by atoms with van der Waals surface area (Å²) in [6.45, 7) is 4.14. The van der Waals surface area contributed by atoms with Gasteiger partial charge in [0, 0.05) is 12.2 Å². The summed E-state index contributed by atoms with van der Waals surface area (Å²) in [4.78, 5) is 13.5. The summed E-state index contributed by atoms with van der Waals surface area (Å²) < 4.78 is 27.5. The van der Waals surface area contributed by atoms with Gasteiger partial charge in [-0.15, -0.1) is 0 Å². The average molecular weight is 319 g/mol. The zero-order valence-electron chi connectivity index (χ0n) is 11.6. The van der Waals surface area contributed by atoms with E-state index in [1.54, 1.807) is 0 Å². The lowest BCUT2D eigenvalue weighted by Crippen LogP contribution is -2.46. The van der Waals surface area contributed by atoms with Crippen LogP contribution in [0.1, 0.15) is 39.5 Å². The summed E-state index contributed by atoms with van der Waals surface area (Å²) in [5.41, 5.74) is -0.569. The number of nitrogens with one attached hydrogen (secondary N) is 2. The summed E-state index contributed by atoms with van der Waals surface area (Å²) in [6.07, 6.45) is 5.13. The fourth-order valence-electron chi connectivity index (χ4n) is 2.56. The molecule has 1 unspecified atom stereocenters. The topological polar surface area (TPSA) is 79.0 Å². The first kappa shape index (κ1) is 15.5. The lowest BCUT2D eigenvalue weighted by Gasteiger charge is -2.38. The number of rotatable bonds is 3. The van der Waals surface area contributed by atoms with Crippen molar-refractivity contribution < 1.29 is 8.42 Å². The molecule has 1 saturated carbocycles. The highest BCUT2D eigenvalue weighted by molar-refractivity contribution is 7.89. The largest absolute Gasteiger partial charge is 0.326 e. The average Bonchev–Trinajstić information content (AvgIpc) is 2.35. The van der Waals surface area contributed by atoms with Crippen LogP contribution in [0, 0.1) is 5.41 Å². The van der Waals surface area contributed by atoms with E-state index in [1.165, 1.54) is 12.3 Å². The number of H-pyrrole nitrogens is 1. The highest BCUT2D eigenvalue weighted by Crippen LogP contribution is 2.36. The highest BCUT2D eigenvalue weighted by atomic mass is 35.5. The molecule has 0 bridgehead atoms. The Morgan fingerprint density at radius 1 is 1.40 bits per heavy atom. The molecule has 1 aliphatic rings. The molecule has 2 N–H and O–H groups in total. The monoisotopic (exact) mass is 318 g/mol. The van der Waals surface area contributed by atoms with E-state index < -0.39 is 15.6 Å². The molecule has 1 heterocycles. The first-order valence-corrected chi connectivity index (χ1v) is 8.49. The first-order valence-electron chi connectivity index (χ1n) is 6.63. The smallest absolute Gasteiger partial charge is 0.266 e. The molecule has 1 fully saturated rings. The molecule has 20 heavy (non-hydrogen) atoms. The van der Waals surface area contributed by atoms with Gasteiger partial charge in [-0.25, -0.2) is 13.1 Å². The van der Waals surface area contributed by atoms with Crippen LogP contribution in [0.4, 0.5) is 0 Å². The Morgan fingerprint density at radius 2 is 2.10 bits per heavy atom. The van der Waals surface area contributed by atoms with Crippen molar-refractivity contribution in [1.29, 1.82) is 0 Å². The minimum atomic E-state index is -3.67. The quantitative estimate of drug-likeness (QED) is 0.897. The zero-order valence-corrected chi connectivity index (χ0v) is 13.1. The Hall–Kier alpha value is -0.850. The Labute approximate surface area is 123 Å². The summed E-state index contributed by atoms with van der Waals surface area (Å²) >= 11 is 5.68. The van der Waals surface area contributed by atoms with E-state index in [2.05, 4.69) is 23.6 Å². The van der Waals surface area contributed by atoms with Gasteiger partial charge in [0.15, 0.2) is 0 Å². The number of pyridine rings is 1. The molecule has 0 aliphatic heterocycles. The van der Waals surface area contributed by atoms with E-state index in [1.807, 2.05) is 0 Å². The van der Waals surface area contributed by atoms with Gasteiger partial charge in [-0.3, -0.25) is 4.79 Å². The molecular formula is C13H19ClN2O3S. The number of hydrogen-bond acceptors (Lipinski definition) is 3. The van der Waals surface area contributed by atoms with Crippen molar-refractivity contribution in [3.05, 3.63) is 27.6 Å². The van der Waals surface area contributed by atoms with Crippen LogP contribution >= 0.6 is 11.6 Å². The first-order chi connectivity index (χ1) is 9.22. The predicted octanol–water partition coefficient (Wildman–Crippen LogP) is 2.28. The molecule has 0 spiro atoms. The van der Waals surface area contributed by atoms with E-state index in [9.17, 15) is 13.2 Å². The van der Waals surface area contributed by atoms with Crippen LogP contribution in [0.25, 0.3) is 0 Å². The fraction of sp³-hybridized carbons (Fsp3) is 0.615. The van der Waals surface area contributed by atoms with Crippen LogP contribution in [0.5, 0.6) is 0 Å². The lowest BCUT2D eigenvalue weighted by molar-refractivity contribution is 0.188. The van der Waals surface area contributed by atoms with Crippen molar-refractivity contribution in [3.8, 4) is 0 Å². The molecule has 0 aromatic carbocycles. The second-order valence-corrected chi connectivity index (χ2v) is 8.04. The molecular weight excluding hydrogens is 300 g/mol. The van der Waals surface area contributed by atoms with Crippen LogP contribution in [0.15, 0.2) is 22.0 Å². The fourth-order valence-corrected chi connectivity index (χ4v) is 4.23. The van der Waals surface area contributed by atoms with Crippen LogP contribution in [-0.2, 0) is 10.0 Å². The molecule has 2 rings (SSSR count). The summed E-state index contributed by atoms with van der Waals surface area (Å²) in [7, 11) is -3.67. The lowest BCUT2D eigenvalue weighted by atomic mass is 9.74. The van der Waals surface area contributed by atoms with E-state index >= 15 is 0 Å². The van der Waals surface area contributed by atoms with Crippen molar-refractivity contribution in [2.24, 2.45) is 5.41 Å². The molecule has 0 saturated heterocycles. The minimum absolute atomic E-state index is 0.0107. The van der Waals surface area contributed by atoms with E-state index in [0.29, 0.717) is 0 Å². The van der Waals surface area contributed by atoms with Gasteiger partial charge in [0.1, 0.15) is 5.02 Å². The zero-order chi connectivity index (χ0) is 15.0. The van der Waals surface area contributed by atoms with Gasteiger partial charge in [0.25, 0.3) is 5.56 Å². The van der Waals surface area contributed by atoms with Crippen molar-refractivity contribution in [3.63, 3.8) is 0 Å². The number of hydrogen-bond donors (Lipinski definition) is 2.